The highest BCUT2D eigenvalue weighted by Gasteiger charge is 2.17. The van der Waals surface area contributed by atoms with Crippen LogP contribution in [0.1, 0.15) is 16.1 Å². The van der Waals surface area contributed by atoms with Gasteiger partial charge in [-0.05, 0) is 40.6 Å². The highest BCUT2D eigenvalue weighted by atomic mass is 32.2. The number of hydrogen-bond donors (Lipinski definition) is 1. The van der Waals surface area contributed by atoms with Gasteiger partial charge < -0.3 is 9.73 Å². The molecule has 2 aromatic heterocycles. The van der Waals surface area contributed by atoms with E-state index in [1.165, 1.54) is 6.26 Å². The number of anilines is 1. The van der Waals surface area contributed by atoms with Gasteiger partial charge >= 0.3 is 0 Å². The van der Waals surface area contributed by atoms with Gasteiger partial charge in [-0.25, -0.2) is 4.63 Å². The Kier molecular flexibility index (Phi) is 4.22. The molecular weight excluding hydrogens is 338 g/mol. The number of benzene rings is 2. The summed E-state index contributed by atoms with van der Waals surface area (Å²) in [5.41, 5.74) is 2.15. The lowest BCUT2D eigenvalue weighted by Crippen LogP contribution is -2.13. The van der Waals surface area contributed by atoms with Crippen LogP contribution in [0.25, 0.3) is 11.0 Å². The molecule has 7 heteroatoms. The van der Waals surface area contributed by atoms with Gasteiger partial charge in [0.05, 0.1) is 23.3 Å². The molecule has 0 aliphatic rings. The Morgan fingerprint density at radius 2 is 1.92 bits per heavy atom. The molecule has 0 saturated carbocycles. The van der Waals surface area contributed by atoms with Crippen molar-refractivity contribution in [3.8, 4) is 0 Å². The van der Waals surface area contributed by atoms with Gasteiger partial charge in [-0.15, -0.1) is 11.8 Å². The van der Waals surface area contributed by atoms with Crippen molar-refractivity contribution < 1.29 is 13.8 Å². The number of hydrogen-bond acceptors (Lipinski definition) is 6. The van der Waals surface area contributed by atoms with Crippen LogP contribution in [-0.4, -0.2) is 16.2 Å². The number of thioether (sulfide) groups is 1. The first-order valence-electron chi connectivity index (χ1n) is 7.58. The zero-order valence-corrected chi connectivity index (χ0v) is 13.8. The maximum absolute atomic E-state index is 12.6. The Morgan fingerprint density at radius 1 is 1.04 bits per heavy atom. The van der Waals surface area contributed by atoms with E-state index in [9.17, 15) is 4.79 Å². The fourth-order valence-electron chi connectivity index (χ4n) is 2.42. The molecule has 0 saturated heterocycles. The number of carbonyl (C=O) groups excluding carboxylic acids is 1. The summed E-state index contributed by atoms with van der Waals surface area (Å²) in [5.74, 6) is 0.930. The lowest BCUT2D eigenvalue weighted by atomic mass is 10.2. The van der Waals surface area contributed by atoms with E-state index < -0.39 is 0 Å². The molecule has 124 valence electrons. The van der Waals surface area contributed by atoms with E-state index in [0.29, 0.717) is 33.8 Å². The first kappa shape index (κ1) is 15.5. The number of rotatable bonds is 5. The summed E-state index contributed by atoms with van der Waals surface area (Å²) in [6, 6.07) is 16.9. The van der Waals surface area contributed by atoms with Crippen molar-refractivity contribution in [3.63, 3.8) is 0 Å². The predicted molar refractivity (Wildman–Crippen MR) is 94.5 cm³/mol. The molecule has 0 spiro atoms. The smallest absolute Gasteiger partial charge is 0.259 e. The fourth-order valence-corrected chi connectivity index (χ4v) is 3.29. The highest BCUT2D eigenvalue weighted by Crippen LogP contribution is 2.26. The quantitative estimate of drug-likeness (QED) is 0.538. The van der Waals surface area contributed by atoms with E-state index in [2.05, 4.69) is 15.6 Å². The van der Waals surface area contributed by atoms with Gasteiger partial charge in [-0.2, -0.15) is 0 Å². The molecule has 0 bridgehead atoms. The van der Waals surface area contributed by atoms with E-state index >= 15 is 0 Å². The van der Waals surface area contributed by atoms with Gasteiger partial charge in [0.1, 0.15) is 11.3 Å². The molecule has 0 aliphatic carbocycles. The number of fused-ring (bicyclic) bond motifs is 1. The molecule has 2 aromatic carbocycles. The normalized spacial score (nSPS) is 10.9. The van der Waals surface area contributed by atoms with Crippen molar-refractivity contribution in [2.75, 3.05) is 5.32 Å². The van der Waals surface area contributed by atoms with Crippen LogP contribution in [0.2, 0.25) is 0 Å². The number of carbonyl (C=O) groups is 1. The number of nitrogens with one attached hydrogen (secondary N) is 1. The van der Waals surface area contributed by atoms with Crippen molar-refractivity contribution >= 4 is 34.4 Å². The molecule has 25 heavy (non-hydrogen) atoms. The van der Waals surface area contributed by atoms with Crippen LogP contribution < -0.4 is 5.32 Å². The summed E-state index contributed by atoms with van der Waals surface area (Å²) in [5, 5.41) is 10.4. The summed E-state index contributed by atoms with van der Waals surface area (Å²) in [6.07, 6.45) is 1.52. The van der Waals surface area contributed by atoms with E-state index in [1.807, 2.05) is 30.3 Å². The summed E-state index contributed by atoms with van der Waals surface area (Å²) < 4.78 is 10.2. The summed E-state index contributed by atoms with van der Waals surface area (Å²) in [6.45, 7) is 0. The van der Waals surface area contributed by atoms with Gasteiger partial charge in [0.2, 0.25) is 0 Å². The van der Waals surface area contributed by atoms with E-state index in [1.54, 1.807) is 36.0 Å². The fraction of sp³-hybridized carbons (Fsp3) is 0.0556. The third-order valence-electron chi connectivity index (χ3n) is 3.64. The lowest BCUT2D eigenvalue weighted by Gasteiger charge is -2.05. The number of amides is 1. The molecular formula is C18H13N3O3S. The van der Waals surface area contributed by atoms with Crippen LogP contribution in [0.15, 0.2) is 74.8 Å². The molecule has 4 rings (SSSR count). The zero-order valence-electron chi connectivity index (χ0n) is 13.0. The second-order valence-electron chi connectivity index (χ2n) is 5.25. The molecule has 0 fully saturated rings. The average Bonchev–Trinajstić information content (AvgIpc) is 3.30. The maximum atomic E-state index is 12.6. The van der Waals surface area contributed by atoms with Crippen LogP contribution in [0.4, 0.5) is 5.69 Å². The van der Waals surface area contributed by atoms with Crippen LogP contribution >= 0.6 is 11.8 Å². The highest BCUT2D eigenvalue weighted by molar-refractivity contribution is 7.98. The minimum absolute atomic E-state index is 0.257. The van der Waals surface area contributed by atoms with Gasteiger partial charge in [0.15, 0.2) is 5.52 Å². The summed E-state index contributed by atoms with van der Waals surface area (Å²) in [4.78, 5) is 13.7. The molecule has 0 atom stereocenters. The second kappa shape index (κ2) is 6.82. The predicted octanol–water partition coefficient (Wildman–Crippen LogP) is 4.36. The molecule has 2 heterocycles. The Bertz CT molecular complexity index is 1010. The third-order valence-corrected chi connectivity index (χ3v) is 4.65. The Balaban J connectivity index is 1.51. The Hall–Kier alpha value is -3.06. The lowest BCUT2D eigenvalue weighted by molar-refractivity contribution is 0.102. The number of aromatic nitrogens is 2. The van der Waals surface area contributed by atoms with Crippen molar-refractivity contribution in [1.82, 2.24) is 10.3 Å². The van der Waals surface area contributed by atoms with Gasteiger partial charge in [0.25, 0.3) is 5.91 Å². The molecule has 1 N–H and O–H groups in total. The summed E-state index contributed by atoms with van der Waals surface area (Å²) >= 11 is 1.61. The van der Waals surface area contributed by atoms with Crippen molar-refractivity contribution in [2.24, 2.45) is 0 Å². The molecule has 4 aromatic rings. The van der Waals surface area contributed by atoms with Crippen LogP contribution in [-0.2, 0) is 5.75 Å². The van der Waals surface area contributed by atoms with E-state index in [-0.39, 0.29) is 5.91 Å². The van der Waals surface area contributed by atoms with Crippen molar-refractivity contribution in [1.29, 1.82) is 0 Å². The minimum Gasteiger partial charge on any atom is -0.468 e. The van der Waals surface area contributed by atoms with Crippen LogP contribution in [0, 0.1) is 0 Å². The summed E-state index contributed by atoms with van der Waals surface area (Å²) in [7, 11) is 0. The minimum atomic E-state index is -0.257. The van der Waals surface area contributed by atoms with Crippen LogP contribution in [0.3, 0.4) is 0 Å². The van der Waals surface area contributed by atoms with E-state index in [0.717, 1.165) is 4.90 Å². The van der Waals surface area contributed by atoms with Crippen molar-refractivity contribution in [2.45, 2.75) is 10.6 Å². The molecule has 0 unspecified atom stereocenters. The second-order valence-corrected chi connectivity index (χ2v) is 6.30. The first-order valence-corrected chi connectivity index (χ1v) is 8.56. The average molecular weight is 351 g/mol. The number of nitrogens with zero attached hydrogens (tertiary/aromatic N) is 2. The topological polar surface area (TPSA) is 81.2 Å². The third kappa shape index (κ3) is 3.27. The molecule has 0 aliphatic heterocycles. The van der Waals surface area contributed by atoms with Crippen LogP contribution in [0.5, 0.6) is 0 Å². The maximum Gasteiger partial charge on any atom is 0.259 e. The largest absolute Gasteiger partial charge is 0.468 e. The van der Waals surface area contributed by atoms with Gasteiger partial charge in [-0.1, -0.05) is 24.3 Å². The molecule has 6 nitrogen and oxygen atoms in total. The zero-order chi connectivity index (χ0) is 17.1. The van der Waals surface area contributed by atoms with Gasteiger partial charge in [-0.3, -0.25) is 4.79 Å². The SMILES string of the molecule is O=C(Nc1cccc2nonc12)c1ccoc1CSc1ccccc1. The molecule has 1 amide bonds. The monoisotopic (exact) mass is 351 g/mol. The Labute approximate surface area is 147 Å². The first-order chi connectivity index (χ1) is 12.3. The number of furan rings is 1. The van der Waals surface area contributed by atoms with Crippen molar-refractivity contribution in [3.05, 3.63) is 72.2 Å². The standard InChI is InChI=1S/C18H13N3O3S/c22-18(19-14-7-4-8-15-17(14)21-24-20-15)13-9-10-23-16(13)11-25-12-5-2-1-3-6-12/h1-10H,11H2,(H,19,22). The van der Waals surface area contributed by atoms with E-state index in [4.69, 9.17) is 9.05 Å². The van der Waals surface area contributed by atoms with Gasteiger partial charge in [0, 0.05) is 4.90 Å². The Morgan fingerprint density at radius 3 is 2.80 bits per heavy atom. The molecule has 0 radical (unpaired) electrons.